The third kappa shape index (κ3) is 6.12. The molecular weight excluding hydrogens is 458 g/mol. The number of aryl methyl sites for hydroxylation is 1. The maximum Gasteiger partial charge on any atom is 0.247 e. The summed E-state index contributed by atoms with van der Waals surface area (Å²) < 4.78 is 35.2. The van der Waals surface area contributed by atoms with E-state index in [4.69, 9.17) is 16.3 Å². The first kappa shape index (κ1) is 24.7. The van der Waals surface area contributed by atoms with Crippen LogP contribution in [0.1, 0.15) is 16.7 Å². The highest BCUT2D eigenvalue weighted by molar-refractivity contribution is 7.89. The van der Waals surface area contributed by atoms with E-state index in [1.165, 1.54) is 4.31 Å². The Morgan fingerprint density at radius 1 is 1.00 bits per heavy atom. The standard InChI is InChI=1S/C25H26ClN3O3S/c1-19-15-22(26)25(32-23-12-8-7-11-21(23)17-27)24(16-19)33(30,31)29(14-13-28(2)3)18-20-9-5-4-6-10-20/h4-12,15-16H,13-14,18H2,1-3H3. The second-order valence-corrected chi connectivity index (χ2v) is 10.2. The van der Waals surface area contributed by atoms with E-state index in [-0.39, 0.29) is 40.1 Å². The Bertz CT molecular complexity index is 1260. The lowest BCUT2D eigenvalue weighted by molar-refractivity contribution is 0.328. The number of likely N-dealkylation sites (N-methyl/N-ethyl adjacent to an activating group) is 1. The van der Waals surface area contributed by atoms with Crippen molar-refractivity contribution >= 4 is 21.6 Å². The highest BCUT2D eigenvalue weighted by Crippen LogP contribution is 2.39. The largest absolute Gasteiger partial charge is 0.453 e. The van der Waals surface area contributed by atoms with Gasteiger partial charge in [-0.05, 0) is 56.4 Å². The Balaban J connectivity index is 2.09. The van der Waals surface area contributed by atoms with Crippen LogP contribution in [0.5, 0.6) is 11.5 Å². The molecule has 0 N–H and O–H groups in total. The molecule has 0 atom stereocenters. The predicted octanol–water partition coefficient (Wildman–Crippen LogP) is 5.06. The van der Waals surface area contributed by atoms with E-state index in [0.29, 0.717) is 12.1 Å². The summed E-state index contributed by atoms with van der Waals surface area (Å²) in [5.41, 5.74) is 1.84. The number of para-hydroxylation sites is 1. The van der Waals surface area contributed by atoms with Crippen LogP contribution in [0.15, 0.2) is 71.6 Å². The molecule has 0 aliphatic carbocycles. The Morgan fingerprint density at radius 2 is 1.67 bits per heavy atom. The van der Waals surface area contributed by atoms with Crippen molar-refractivity contribution in [2.75, 3.05) is 27.2 Å². The minimum Gasteiger partial charge on any atom is -0.453 e. The number of benzene rings is 3. The smallest absolute Gasteiger partial charge is 0.247 e. The van der Waals surface area contributed by atoms with Crippen LogP contribution < -0.4 is 4.74 Å². The van der Waals surface area contributed by atoms with E-state index in [1.54, 1.807) is 43.3 Å². The molecule has 0 radical (unpaired) electrons. The topological polar surface area (TPSA) is 73.6 Å². The second-order valence-electron chi connectivity index (χ2n) is 7.91. The summed E-state index contributed by atoms with van der Waals surface area (Å²) >= 11 is 6.48. The minimum absolute atomic E-state index is 0.00730. The molecule has 3 rings (SSSR count). The summed E-state index contributed by atoms with van der Waals surface area (Å²) in [7, 11) is -0.210. The number of hydrogen-bond acceptors (Lipinski definition) is 5. The quantitative estimate of drug-likeness (QED) is 0.425. The van der Waals surface area contributed by atoms with Crippen LogP contribution >= 0.6 is 11.6 Å². The lowest BCUT2D eigenvalue weighted by atomic mass is 10.2. The van der Waals surface area contributed by atoms with Crippen molar-refractivity contribution in [2.24, 2.45) is 0 Å². The average Bonchev–Trinajstić information content (AvgIpc) is 2.78. The van der Waals surface area contributed by atoms with Gasteiger partial charge in [0, 0.05) is 19.6 Å². The molecule has 0 bridgehead atoms. The molecule has 0 amide bonds. The van der Waals surface area contributed by atoms with Crippen molar-refractivity contribution in [3.05, 3.63) is 88.4 Å². The van der Waals surface area contributed by atoms with Gasteiger partial charge in [-0.2, -0.15) is 9.57 Å². The van der Waals surface area contributed by atoms with Crippen LogP contribution in [-0.4, -0.2) is 44.8 Å². The number of sulfonamides is 1. The Kier molecular flexibility index (Phi) is 8.11. The van der Waals surface area contributed by atoms with Gasteiger partial charge in [-0.25, -0.2) is 8.42 Å². The van der Waals surface area contributed by atoms with Crippen LogP contribution in [-0.2, 0) is 16.6 Å². The molecule has 0 heterocycles. The molecule has 0 fully saturated rings. The van der Waals surface area contributed by atoms with Crippen molar-refractivity contribution in [3.63, 3.8) is 0 Å². The van der Waals surface area contributed by atoms with Gasteiger partial charge in [0.25, 0.3) is 0 Å². The molecule has 0 aliphatic rings. The molecule has 0 saturated carbocycles. The van der Waals surface area contributed by atoms with Gasteiger partial charge in [0.05, 0.1) is 10.6 Å². The number of nitrogens with zero attached hydrogens (tertiary/aromatic N) is 3. The van der Waals surface area contributed by atoms with Crippen molar-refractivity contribution < 1.29 is 13.2 Å². The Morgan fingerprint density at radius 3 is 2.33 bits per heavy atom. The Labute approximate surface area is 200 Å². The van der Waals surface area contributed by atoms with Crippen molar-refractivity contribution in [3.8, 4) is 17.6 Å². The van der Waals surface area contributed by atoms with Gasteiger partial charge >= 0.3 is 0 Å². The lowest BCUT2D eigenvalue weighted by Crippen LogP contribution is -2.36. The second kappa shape index (κ2) is 10.8. The molecule has 0 spiro atoms. The van der Waals surface area contributed by atoms with E-state index in [1.807, 2.05) is 49.3 Å². The predicted molar refractivity (Wildman–Crippen MR) is 130 cm³/mol. The molecule has 0 saturated heterocycles. The van der Waals surface area contributed by atoms with Gasteiger partial charge in [0.2, 0.25) is 10.0 Å². The normalized spacial score (nSPS) is 11.5. The molecule has 8 heteroatoms. The van der Waals surface area contributed by atoms with Crippen LogP contribution in [0.2, 0.25) is 5.02 Å². The van der Waals surface area contributed by atoms with Crippen molar-refractivity contribution in [2.45, 2.75) is 18.4 Å². The fourth-order valence-electron chi connectivity index (χ4n) is 3.27. The number of rotatable bonds is 9. The van der Waals surface area contributed by atoms with Crippen molar-refractivity contribution in [1.82, 2.24) is 9.21 Å². The van der Waals surface area contributed by atoms with E-state index in [0.717, 1.165) is 5.56 Å². The highest BCUT2D eigenvalue weighted by Gasteiger charge is 2.30. The molecule has 3 aromatic rings. The van der Waals surface area contributed by atoms with E-state index >= 15 is 0 Å². The first-order chi connectivity index (χ1) is 15.7. The third-order valence-corrected chi connectivity index (χ3v) is 7.12. The Hall–Kier alpha value is -2.89. The minimum atomic E-state index is -4.00. The summed E-state index contributed by atoms with van der Waals surface area (Å²) in [5.74, 6) is 0.248. The zero-order valence-electron chi connectivity index (χ0n) is 18.8. The molecule has 33 heavy (non-hydrogen) atoms. The van der Waals surface area contributed by atoms with Gasteiger partial charge in [-0.1, -0.05) is 54.1 Å². The average molecular weight is 484 g/mol. The fourth-order valence-corrected chi connectivity index (χ4v) is 5.28. The molecular formula is C25H26ClN3O3S. The summed E-state index contributed by atoms with van der Waals surface area (Å²) in [5, 5.41) is 9.58. The van der Waals surface area contributed by atoms with E-state index in [9.17, 15) is 13.7 Å². The van der Waals surface area contributed by atoms with Crippen LogP contribution in [0.4, 0.5) is 0 Å². The molecule has 6 nitrogen and oxygen atoms in total. The number of nitriles is 1. The van der Waals surface area contributed by atoms with Gasteiger partial charge in [0.15, 0.2) is 5.75 Å². The van der Waals surface area contributed by atoms with Gasteiger partial charge < -0.3 is 9.64 Å². The van der Waals surface area contributed by atoms with Crippen molar-refractivity contribution in [1.29, 1.82) is 5.26 Å². The molecule has 0 aliphatic heterocycles. The maximum atomic E-state index is 13.9. The van der Waals surface area contributed by atoms with Crippen LogP contribution in [0, 0.1) is 18.3 Å². The zero-order chi connectivity index (χ0) is 24.0. The van der Waals surface area contributed by atoms with Gasteiger partial charge in [-0.15, -0.1) is 0 Å². The van der Waals surface area contributed by atoms with E-state index in [2.05, 4.69) is 6.07 Å². The zero-order valence-corrected chi connectivity index (χ0v) is 20.4. The molecule has 0 unspecified atom stereocenters. The molecule has 172 valence electrons. The summed E-state index contributed by atoms with van der Waals surface area (Å²) in [4.78, 5) is 1.90. The van der Waals surface area contributed by atoms with Crippen LogP contribution in [0.3, 0.4) is 0 Å². The summed E-state index contributed by atoms with van der Waals surface area (Å²) in [6.45, 7) is 2.80. The summed E-state index contributed by atoms with van der Waals surface area (Å²) in [6.07, 6.45) is 0. The first-order valence-corrected chi connectivity index (χ1v) is 12.2. The van der Waals surface area contributed by atoms with Crippen LogP contribution in [0.25, 0.3) is 0 Å². The van der Waals surface area contributed by atoms with Gasteiger partial charge in [0.1, 0.15) is 16.7 Å². The number of ether oxygens (including phenoxy) is 1. The molecule has 0 aromatic heterocycles. The monoisotopic (exact) mass is 483 g/mol. The fraction of sp³-hybridized carbons (Fsp3) is 0.240. The number of halogens is 1. The highest BCUT2D eigenvalue weighted by atomic mass is 35.5. The molecule has 3 aromatic carbocycles. The van der Waals surface area contributed by atoms with E-state index < -0.39 is 10.0 Å². The third-order valence-electron chi connectivity index (χ3n) is 4.99. The SMILES string of the molecule is Cc1cc(Cl)c(Oc2ccccc2C#N)c(S(=O)(=O)N(CCN(C)C)Cc2ccccc2)c1. The number of hydrogen-bond donors (Lipinski definition) is 0. The first-order valence-electron chi connectivity index (χ1n) is 10.4. The summed E-state index contributed by atoms with van der Waals surface area (Å²) in [6, 6.07) is 21.3. The maximum absolute atomic E-state index is 13.9. The lowest BCUT2D eigenvalue weighted by Gasteiger charge is -2.25. The van der Waals surface area contributed by atoms with Gasteiger partial charge in [-0.3, -0.25) is 0 Å².